The molecule has 1 aromatic rings. The fourth-order valence-corrected chi connectivity index (χ4v) is 2.69. The zero-order chi connectivity index (χ0) is 14.8. The number of methoxy groups -OCH3 is 1. The van der Waals surface area contributed by atoms with Crippen molar-refractivity contribution in [2.45, 2.75) is 39.3 Å². The maximum Gasteiger partial charge on any atom is 0.0615 e. The molecule has 20 heavy (non-hydrogen) atoms. The van der Waals surface area contributed by atoms with Crippen LogP contribution in [0.25, 0.3) is 0 Å². The first-order chi connectivity index (χ1) is 9.74. The van der Waals surface area contributed by atoms with Gasteiger partial charge < -0.3 is 10.1 Å². The Morgan fingerprint density at radius 2 is 1.90 bits per heavy atom. The molecule has 0 heterocycles. The lowest BCUT2D eigenvalue weighted by Crippen LogP contribution is -2.43. The molecule has 1 N–H and O–H groups in total. The molecule has 0 aliphatic carbocycles. The zero-order valence-corrected chi connectivity index (χ0v) is 13.4. The van der Waals surface area contributed by atoms with Crippen molar-refractivity contribution in [3.05, 3.63) is 35.9 Å². The molecular weight excluding hydrogens is 248 g/mol. The first-order valence-electron chi connectivity index (χ1n) is 7.74. The molecule has 0 amide bonds. The second-order valence-electron chi connectivity index (χ2n) is 5.27. The fraction of sp³-hybridized carbons (Fsp3) is 0.647. The van der Waals surface area contributed by atoms with Gasteiger partial charge in [0.05, 0.1) is 6.61 Å². The van der Waals surface area contributed by atoms with Gasteiger partial charge in [-0.25, -0.2) is 0 Å². The lowest BCUT2D eigenvalue weighted by molar-refractivity contribution is 0.0723. The van der Waals surface area contributed by atoms with E-state index in [9.17, 15) is 0 Å². The predicted molar refractivity (Wildman–Crippen MR) is 86.1 cm³/mol. The first-order valence-corrected chi connectivity index (χ1v) is 7.74. The molecule has 0 aliphatic rings. The Bertz CT molecular complexity index is 342. The number of ether oxygens (including phenoxy) is 1. The molecule has 2 unspecified atom stereocenters. The third kappa shape index (κ3) is 5.23. The summed E-state index contributed by atoms with van der Waals surface area (Å²) in [4.78, 5) is 2.52. The number of nitrogens with zero attached hydrogens (tertiary/aromatic N) is 1. The molecule has 1 rings (SSSR count). The third-order valence-corrected chi connectivity index (χ3v) is 3.69. The molecule has 0 saturated heterocycles. The second-order valence-corrected chi connectivity index (χ2v) is 5.27. The predicted octanol–water partition coefficient (Wildman–Crippen LogP) is 3.08. The molecule has 3 heteroatoms. The van der Waals surface area contributed by atoms with Gasteiger partial charge in [-0.1, -0.05) is 44.2 Å². The Kier molecular flexibility index (Phi) is 8.51. The Morgan fingerprint density at radius 1 is 1.20 bits per heavy atom. The van der Waals surface area contributed by atoms with Crippen molar-refractivity contribution in [1.82, 2.24) is 10.2 Å². The highest BCUT2D eigenvalue weighted by atomic mass is 16.5. The van der Waals surface area contributed by atoms with E-state index in [0.717, 1.165) is 26.2 Å². The summed E-state index contributed by atoms with van der Waals surface area (Å²) in [7, 11) is 1.77. The highest BCUT2D eigenvalue weighted by molar-refractivity contribution is 5.19. The van der Waals surface area contributed by atoms with Crippen LogP contribution in [0.2, 0.25) is 0 Å². The molecule has 2 atom stereocenters. The van der Waals surface area contributed by atoms with Crippen LogP contribution in [0.1, 0.15) is 38.8 Å². The molecule has 0 fully saturated rings. The van der Waals surface area contributed by atoms with E-state index in [0.29, 0.717) is 12.1 Å². The minimum Gasteiger partial charge on any atom is -0.383 e. The molecule has 1 aromatic carbocycles. The van der Waals surface area contributed by atoms with Gasteiger partial charge in [-0.15, -0.1) is 0 Å². The standard InChI is InChI=1S/C17H30N2O/c1-5-12-18-13-17(16-10-8-7-9-11-16)19(6-2)15(3)14-20-4/h7-11,15,17-18H,5-6,12-14H2,1-4H3. The molecule has 3 nitrogen and oxygen atoms in total. The van der Waals surface area contributed by atoms with E-state index >= 15 is 0 Å². The van der Waals surface area contributed by atoms with E-state index in [2.05, 4.69) is 61.3 Å². The van der Waals surface area contributed by atoms with Crippen LogP contribution in [0.15, 0.2) is 30.3 Å². The van der Waals surface area contributed by atoms with Crippen molar-refractivity contribution >= 4 is 0 Å². The second kappa shape index (κ2) is 9.92. The van der Waals surface area contributed by atoms with Crippen LogP contribution in [0.5, 0.6) is 0 Å². The maximum absolute atomic E-state index is 5.34. The van der Waals surface area contributed by atoms with Crippen molar-refractivity contribution in [2.24, 2.45) is 0 Å². The Balaban J connectivity index is 2.84. The number of likely N-dealkylation sites (N-methyl/N-ethyl adjacent to an activating group) is 1. The largest absolute Gasteiger partial charge is 0.383 e. The molecule has 0 aliphatic heterocycles. The SMILES string of the molecule is CCCNCC(c1ccccc1)N(CC)C(C)COC. The average molecular weight is 278 g/mol. The molecule has 0 radical (unpaired) electrons. The van der Waals surface area contributed by atoms with Crippen LogP contribution >= 0.6 is 0 Å². The van der Waals surface area contributed by atoms with Crippen molar-refractivity contribution in [3.63, 3.8) is 0 Å². The average Bonchev–Trinajstić information content (AvgIpc) is 2.48. The van der Waals surface area contributed by atoms with Crippen LogP contribution in [-0.2, 0) is 4.74 Å². The lowest BCUT2D eigenvalue weighted by atomic mass is 10.0. The number of rotatable bonds is 10. The Hall–Kier alpha value is -0.900. The summed E-state index contributed by atoms with van der Waals surface area (Å²) in [5, 5.41) is 3.56. The van der Waals surface area contributed by atoms with E-state index in [1.807, 2.05) is 0 Å². The molecule has 114 valence electrons. The van der Waals surface area contributed by atoms with E-state index in [1.54, 1.807) is 7.11 Å². The van der Waals surface area contributed by atoms with E-state index in [1.165, 1.54) is 12.0 Å². The van der Waals surface area contributed by atoms with Crippen LogP contribution in [0.4, 0.5) is 0 Å². The maximum atomic E-state index is 5.34. The van der Waals surface area contributed by atoms with Gasteiger partial charge in [0.25, 0.3) is 0 Å². The van der Waals surface area contributed by atoms with Crippen molar-refractivity contribution in [2.75, 3.05) is 33.4 Å². The minimum absolute atomic E-state index is 0.401. The Morgan fingerprint density at radius 3 is 2.45 bits per heavy atom. The summed E-state index contributed by atoms with van der Waals surface area (Å²) in [5.41, 5.74) is 1.38. The first kappa shape index (κ1) is 17.2. The van der Waals surface area contributed by atoms with Crippen molar-refractivity contribution in [1.29, 1.82) is 0 Å². The smallest absolute Gasteiger partial charge is 0.0615 e. The van der Waals surface area contributed by atoms with Crippen LogP contribution in [0.3, 0.4) is 0 Å². The highest BCUT2D eigenvalue weighted by Gasteiger charge is 2.23. The van der Waals surface area contributed by atoms with Crippen molar-refractivity contribution < 1.29 is 4.74 Å². The minimum atomic E-state index is 0.401. The zero-order valence-electron chi connectivity index (χ0n) is 13.4. The summed E-state index contributed by atoms with van der Waals surface area (Å²) >= 11 is 0. The summed E-state index contributed by atoms with van der Waals surface area (Å²) in [6.07, 6.45) is 1.17. The quantitative estimate of drug-likeness (QED) is 0.666. The summed E-state index contributed by atoms with van der Waals surface area (Å²) in [5.74, 6) is 0. The van der Waals surface area contributed by atoms with E-state index < -0.39 is 0 Å². The third-order valence-electron chi connectivity index (χ3n) is 3.69. The van der Waals surface area contributed by atoms with E-state index in [-0.39, 0.29) is 0 Å². The fourth-order valence-electron chi connectivity index (χ4n) is 2.69. The molecule has 0 aromatic heterocycles. The van der Waals surface area contributed by atoms with E-state index in [4.69, 9.17) is 4.74 Å². The van der Waals surface area contributed by atoms with Crippen LogP contribution < -0.4 is 5.32 Å². The molecule has 0 spiro atoms. The summed E-state index contributed by atoms with van der Waals surface area (Å²) in [6, 6.07) is 11.6. The molecular formula is C17H30N2O. The lowest BCUT2D eigenvalue weighted by Gasteiger charge is -2.36. The van der Waals surface area contributed by atoms with Gasteiger partial charge in [-0.3, -0.25) is 4.90 Å². The molecule has 0 saturated carbocycles. The van der Waals surface area contributed by atoms with Crippen LogP contribution in [-0.4, -0.2) is 44.3 Å². The van der Waals surface area contributed by atoms with Gasteiger partial charge >= 0.3 is 0 Å². The van der Waals surface area contributed by atoms with Gasteiger partial charge in [0.1, 0.15) is 0 Å². The Labute approximate surface area is 124 Å². The van der Waals surface area contributed by atoms with Gasteiger partial charge in [0.2, 0.25) is 0 Å². The normalized spacial score (nSPS) is 14.4. The molecule has 0 bridgehead atoms. The topological polar surface area (TPSA) is 24.5 Å². The number of nitrogens with one attached hydrogen (secondary N) is 1. The van der Waals surface area contributed by atoms with Gasteiger partial charge in [-0.2, -0.15) is 0 Å². The number of hydrogen-bond acceptors (Lipinski definition) is 3. The van der Waals surface area contributed by atoms with Gasteiger partial charge in [0, 0.05) is 25.7 Å². The monoisotopic (exact) mass is 278 g/mol. The highest BCUT2D eigenvalue weighted by Crippen LogP contribution is 2.22. The summed E-state index contributed by atoms with van der Waals surface area (Å²) in [6.45, 7) is 10.5. The summed E-state index contributed by atoms with van der Waals surface area (Å²) < 4.78 is 5.34. The van der Waals surface area contributed by atoms with Crippen LogP contribution in [0, 0.1) is 0 Å². The van der Waals surface area contributed by atoms with Gasteiger partial charge in [0.15, 0.2) is 0 Å². The number of benzene rings is 1. The number of hydrogen-bond donors (Lipinski definition) is 1. The van der Waals surface area contributed by atoms with Crippen molar-refractivity contribution in [3.8, 4) is 0 Å². The van der Waals surface area contributed by atoms with Gasteiger partial charge in [-0.05, 0) is 32.0 Å².